The number of aryl methyl sites for hydroxylation is 2. The van der Waals surface area contributed by atoms with Crippen LogP contribution < -0.4 is 5.56 Å². The normalized spacial score (nSPS) is 11.1. The minimum Gasteiger partial charge on any atom is -0.292 e. The molecule has 0 saturated heterocycles. The summed E-state index contributed by atoms with van der Waals surface area (Å²) in [6.45, 7) is 4.02. The molecule has 4 nitrogen and oxygen atoms in total. The highest BCUT2D eigenvalue weighted by Crippen LogP contribution is 2.36. The van der Waals surface area contributed by atoms with Gasteiger partial charge >= 0.3 is 0 Å². The number of nitrogens with zero attached hydrogens (tertiary/aromatic N) is 2. The Labute approximate surface area is 181 Å². The number of ketones is 1. The second-order valence-corrected chi connectivity index (χ2v) is 8.91. The molecule has 0 radical (unpaired) electrons. The van der Waals surface area contributed by atoms with Crippen LogP contribution in [0.3, 0.4) is 0 Å². The topological polar surface area (TPSA) is 52.0 Å². The number of carbonyl (C=O) groups excluding carboxylic acids is 1. The molecule has 4 rings (SSSR count). The Balaban J connectivity index is 1.81. The van der Waals surface area contributed by atoms with E-state index in [1.165, 1.54) is 10.9 Å². The fraction of sp³-hybridized carbons (Fsp3) is 0.174. The fourth-order valence-corrected chi connectivity index (χ4v) is 4.70. The van der Waals surface area contributed by atoms with Crippen molar-refractivity contribution in [2.24, 2.45) is 0 Å². The van der Waals surface area contributed by atoms with E-state index in [0.717, 1.165) is 32.5 Å². The summed E-state index contributed by atoms with van der Waals surface area (Å²) < 4.78 is 2.40. The average Bonchev–Trinajstić information content (AvgIpc) is 3.10. The summed E-state index contributed by atoms with van der Waals surface area (Å²) in [5, 5.41) is 0.591. The maximum absolute atomic E-state index is 13.3. The molecule has 0 saturated carbocycles. The van der Waals surface area contributed by atoms with Crippen molar-refractivity contribution in [3.8, 4) is 11.1 Å². The first-order valence-electron chi connectivity index (χ1n) is 9.34. The van der Waals surface area contributed by atoms with E-state index in [0.29, 0.717) is 15.8 Å². The summed E-state index contributed by atoms with van der Waals surface area (Å²) in [7, 11) is 0. The zero-order chi connectivity index (χ0) is 20.5. The maximum atomic E-state index is 13.3. The van der Waals surface area contributed by atoms with Crippen molar-refractivity contribution in [1.29, 1.82) is 0 Å². The first-order valence-corrected chi connectivity index (χ1v) is 11.0. The molecule has 0 N–H and O–H groups in total. The number of benzene rings is 2. The molecule has 0 aliphatic heterocycles. The van der Waals surface area contributed by atoms with Gasteiger partial charge in [-0.2, -0.15) is 0 Å². The second-order valence-electron chi connectivity index (χ2n) is 6.91. The Bertz CT molecular complexity index is 1260. The summed E-state index contributed by atoms with van der Waals surface area (Å²) in [4.78, 5) is 32.3. The van der Waals surface area contributed by atoms with E-state index in [2.05, 4.69) is 27.8 Å². The van der Waals surface area contributed by atoms with Gasteiger partial charge in [0.15, 0.2) is 5.78 Å². The number of hydrogen-bond acceptors (Lipinski definition) is 4. The van der Waals surface area contributed by atoms with Crippen molar-refractivity contribution in [3.05, 3.63) is 85.7 Å². The largest absolute Gasteiger partial charge is 0.292 e. The zero-order valence-electron chi connectivity index (χ0n) is 16.1. The Morgan fingerprint density at radius 2 is 1.79 bits per heavy atom. The standard InChI is InChI=1S/C23H19BrN2O2S/c1-3-19-20(16-8-10-17(24)11-9-16)21-22(29-19)25-13-26(23(21)28)12-18(27)15-6-4-14(2)5-7-15/h4-11,13H,3,12H2,1-2H3. The van der Waals surface area contributed by atoms with Crippen LogP contribution in [0.2, 0.25) is 0 Å². The second kappa shape index (κ2) is 8.05. The van der Waals surface area contributed by atoms with Crippen LogP contribution in [0.25, 0.3) is 21.3 Å². The van der Waals surface area contributed by atoms with Crippen molar-refractivity contribution in [1.82, 2.24) is 9.55 Å². The molecule has 29 heavy (non-hydrogen) atoms. The van der Waals surface area contributed by atoms with E-state index in [1.807, 2.05) is 43.3 Å². The van der Waals surface area contributed by atoms with Gasteiger partial charge in [-0.1, -0.05) is 64.8 Å². The highest BCUT2D eigenvalue weighted by molar-refractivity contribution is 9.10. The predicted octanol–water partition coefficient (Wildman–Crippen LogP) is 5.64. The van der Waals surface area contributed by atoms with Crippen molar-refractivity contribution < 1.29 is 4.79 Å². The minimum atomic E-state index is -0.177. The van der Waals surface area contributed by atoms with Gasteiger partial charge in [-0.3, -0.25) is 14.2 Å². The summed E-state index contributed by atoms with van der Waals surface area (Å²) in [5.41, 5.74) is 3.42. The smallest absolute Gasteiger partial charge is 0.263 e. The number of halogens is 1. The third kappa shape index (κ3) is 3.82. The van der Waals surface area contributed by atoms with Crippen LogP contribution in [0.5, 0.6) is 0 Å². The molecule has 0 fully saturated rings. The van der Waals surface area contributed by atoms with Crippen LogP contribution >= 0.6 is 27.3 Å². The van der Waals surface area contributed by atoms with E-state index in [9.17, 15) is 9.59 Å². The lowest BCUT2D eigenvalue weighted by Crippen LogP contribution is -2.24. The Morgan fingerprint density at radius 3 is 2.45 bits per heavy atom. The van der Waals surface area contributed by atoms with Crippen molar-refractivity contribution in [2.45, 2.75) is 26.8 Å². The highest BCUT2D eigenvalue weighted by Gasteiger charge is 2.19. The fourth-order valence-electron chi connectivity index (χ4n) is 3.34. The molecule has 0 aliphatic carbocycles. The SMILES string of the molecule is CCc1sc2ncn(CC(=O)c3ccc(C)cc3)c(=O)c2c1-c1ccc(Br)cc1. The first-order chi connectivity index (χ1) is 14.0. The molecule has 0 unspecified atom stereocenters. The molecule has 0 bridgehead atoms. The predicted molar refractivity (Wildman–Crippen MR) is 122 cm³/mol. The molecule has 4 aromatic rings. The Morgan fingerprint density at radius 1 is 1.10 bits per heavy atom. The molecular weight excluding hydrogens is 448 g/mol. The van der Waals surface area contributed by atoms with Gasteiger partial charge in [-0.25, -0.2) is 4.98 Å². The molecule has 0 spiro atoms. The number of Topliss-reactive ketones (excluding diaryl/α,β-unsaturated/α-hetero) is 1. The van der Waals surface area contributed by atoms with Gasteiger partial charge in [0, 0.05) is 20.5 Å². The molecular formula is C23H19BrN2O2S. The average molecular weight is 467 g/mol. The molecule has 0 atom stereocenters. The van der Waals surface area contributed by atoms with Gasteiger partial charge in [-0.15, -0.1) is 11.3 Å². The lowest BCUT2D eigenvalue weighted by molar-refractivity contribution is 0.0970. The summed E-state index contributed by atoms with van der Waals surface area (Å²) in [5.74, 6) is -0.107. The Hall–Kier alpha value is -2.57. The molecule has 2 aromatic heterocycles. The molecule has 146 valence electrons. The number of fused-ring (bicyclic) bond motifs is 1. The highest BCUT2D eigenvalue weighted by atomic mass is 79.9. The molecule has 0 amide bonds. The number of carbonyl (C=O) groups is 1. The third-order valence-corrected chi connectivity index (χ3v) is 6.66. The van der Waals surface area contributed by atoms with Gasteiger partial charge in [-0.05, 0) is 31.0 Å². The molecule has 2 aromatic carbocycles. The van der Waals surface area contributed by atoms with Crippen LogP contribution in [-0.2, 0) is 13.0 Å². The zero-order valence-corrected chi connectivity index (χ0v) is 18.5. The van der Waals surface area contributed by atoms with E-state index in [4.69, 9.17) is 0 Å². The Kier molecular flexibility index (Phi) is 5.48. The van der Waals surface area contributed by atoms with Crippen molar-refractivity contribution in [3.63, 3.8) is 0 Å². The molecule has 2 heterocycles. The molecule has 6 heteroatoms. The van der Waals surface area contributed by atoms with Gasteiger partial charge in [0.05, 0.1) is 18.3 Å². The van der Waals surface area contributed by atoms with E-state index < -0.39 is 0 Å². The van der Waals surface area contributed by atoms with Gasteiger partial charge < -0.3 is 0 Å². The number of aromatic nitrogens is 2. The number of hydrogen-bond donors (Lipinski definition) is 0. The minimum absolute atomic E-state index is 0.0259. The molecule has 0 aliphatic rings. The van der Waals surface area contributed by atoms with E-state index in [1.54, 1.807) is 23.5 Å². The summed E-state index contributed by atoms with van der Waals surface area (Å²) in [6.07, 6.45) is 2.30. The lowest BCUT2D eigenvalue weighted by Gasteiger charge is -2.07. The van der Waals surface area contributed by atoms with Crippen LogP contribution in [0.1, 0.15) is 27.7 Å². The lowest BCUT2D eigenvalue weighted by atomic mass is 10.0. The van der Waals surface area contributed by atoms with E-state index >= 15 is 0 Å². The van der Waals surface area contributed by atoms with Crippen molar-refractivity contribution in [2.75, 3.05) is 0 Å². The van der Waals surface area contributed by atoms with Crippen LogP contribution in [0.4, 0.5) is 0 Å². The van der Waals surface area contributed by atoms with Crippen LogP contribution in [0.15, 0.2) is 64.1 Å². The van der Waals surface area contributed by atoms with Gasteiger partial charge in [0.1, 0.15) is 4.83 Å². The number of rotatable bonds is 5. The van der Waals surface area contributed by atoms with E-state index in [-0.39, 0.29) is 17.9 Å². The first kappa shape index (κ1) is 19.7. The van der Waals surface area contributed by atoms with Crippen LogP contribution in [-0.4, -0.2) is 15.3 Å². The summed E-state index contributed by atoms with van der Waals surface area (Å²) in [6, 6.07) is 15.3. The van der Waals surface area contributed by atoms with Gasteiger partial charge in [0.2, 0.25) is 0 Å². The van der Waals surface area contributed by atoms with Gasteiger partial charge in [0.25, 0.3) is 5.56 Å². The summed E-state index contributed by atoms with van der Waals surface area (Å²) >= 11 is 5.00. The van der Waals surface area contributed by atoms with Crippen LogP contribution in [0, 0.1) is 6.92 Å². The maximum Gasteiger partial charge on any atom is 0.263 e. The third-order valence-electron chi connectivity index (χ3n) is 4.89. The monoisotopic (exact) mass is 466 g/mol. The number of thiophene rings is 1. The van der Waals surface area contributed by atoms with Crippen molar-refractivity contribution >= 4 is 43.3 Å². The quantitative estimate of drug-likeness (QED) is 0.357.